The number of nitrogens with zero attached hydrogens (tertiary/aromatic N) is 1. The number of hydrogen-bond acceptors (Lipinski definition) is 7. The Hall–Kier alpha value is -2.07. The summed E-state index contributed by atoms with van der Waals surface area (Å²) in [4.78, 5) is 23.9. The minimum absolute atomic E-state index is 0.0578. The number of ether oxygens (including phenoxy) is 2. The maximum absolute atomic E-state index is 11.9. The summed E-state index contributed by atoms with van der Waals surface area (Å²) < 4.78 is 10.1. The van der Waals surface area contributed by atoms with Crippen LogP contribution in [0.15, 0.2) is 0 Å². The van der Waals surface area contributed by atoms with Gasteiger partial charge in [-0.1, -0.05) is 6.42 Å². The van der Waals surface area contributed by atoms with Gasteiger partial charge in [0.15, 0.2) is 0 Å². The topological polar surface area (TPSA) is 102 Å². The number of nitrogens with two attached hydrogens (primary N) is 1. The molecule has 0 amide bonds. The van der Waals surface area contributed by atoms with Crippen molar-refractivity contribution < 1.29 is 19.1 Å². The highest BCUT2D eigenvalue weighted by atomic mass is 32.1. The van der Waals surface area contributed by atoms with Crippen molar-refractivity contribution in [2.75, 3.05) is 12.3 Å². The monoisotopic (exact) mass is 308 g/mol. The van der Waals surface area contributed by atoms with E-state index in [1.54, 1.807) is 6.92 Å². The lowest BCUT2D eigenvalue weighted by molar-refractivity contribution is -0.152. The molecule has 1 aliphatic rings. The van der Waals surface area contributed by atoms with E-state index in [1.165, 1.54) is 0 Å². The SMILES string of the molecule is CCOC(=O)c1sc(N)c(C#N)c1COC(=O)C1CCC1. The second-order valence-electron chi connectivity index (χ2n) is 4.72. The van der Waals surface area contributed by atoms with Gasteiger partial charge in [-0.05, 0) is 19.8 Å². The predicted molar refractivity (Wildman–Crippen MR) is 76.5 cm³/mol. The van der Waals surface area contributed by atoms with Crippen LogP contribution in [0.5, 0.6) is 0 Å². The molecule has 2 N–H and O–H groups in total. The van der Waals surface area contributed by atoms with Crippen LogP contribution < -0.4 is 5.73 Å². The first kappa shape index (κ1) is 15.3. The lowest BCUT2D eigenvalue weighted by Crippen LogP contribution is -2.24. The molecule has 21 heavy (non-hydrogen) atoms. The number of thiophene rings is 1. The second kappa shape index (κ2) is 6.59. The first-order valence-electron chi connectivity index (χ1n) is 6.73. The van der Waals surface area contributed by atoms with E-state index in [1.807, 2.05) is 6.07 Å². The van der Waals surface area contributed by atoms with Gasteiger partial charge in [0.1, 0.15) is 22.6 Å². The van der Waals surface area contributed by atoms with Crippen LogP contribution in [0.4, 0.5) is 5.00 Å². The van der Waals surface area contributed by atoms with E-state index in [-0.39, 0.29) is 40.5 Å². The third-order valence-electron chi connectivity index (χ3n) is 3.40. The summed E-state index contributed by atoms with van der Waals surface area (Å²) in [7, 11) is 0. The van der Waals surface area contributed by atoms with Crippen molar-refractivity contribution in [1.82, 2.24) is 0 Å². The average molecular weight is 308 g/mol. The summed E-state index contributed by atoms with van der Waals surface area (Å²) >= 11 is 0.983. The van der Waals surface area contributed by atoms with Crippen LogP contribution in [0.25, 0.3) is 0 Å². The molecule has 2 rings (SSSR count). The van der Waals surface area contributed by atoms with E-state index < -0.39 is 5.97 Å². The van der Waals surface area contributed by atoms with Gasteiger partial charge in [-0.2, -0.15) is 5.26 Å². The minimum atomic E-state index is -0.551. The Morgan fingerprint density at radius 3 is 2.67 bits per heavy atom. The van der Waals surface area contributed by atoms with Crippen molar-refractivity contribution in [3.63, 3.8) is 0 Å². The largest absolute Gasteiger partial charge is 0.462 e. The fourth-order valence-electron chi connectivity index (χ4n) is 2.01. The van der Waals surface area contributed by atoms with Crippen LogP contribution in [-0.2, 0) is 20.9 Å². The average Bonchev–Trinajstić information content (AvgIpc) is 2.70. The molecule has 0 aromatic carbocycles. The van der Waals surface area contributed by atoms with Crippen LogP contribution in [0, 0.1) is 17.2 Å². The number of hydrogen-bond donors (Lipinski definition) is 1. The van der Waals surface area contributed by atoms with Gasteiger partial charge in [0.25, 0.3) is 0 Å². The Bertz CT molecular complexity index is 599. The minimum Gasteiger partial charge on any atom is -0.462 e. The van der Waals surface area contributed by atoms with Crippen LogP contribution >= 0.6 is 11.3 Å². The van der Waals surface area contributed by atoms with Gasteiger partial charge in [-0.15, -0.1) is 11.3 Å². The number of esters is 2. The van der Waals surface area contributed by atoms with Crippen LogP contribution in [0.3, 0.4) is 0 Å². The van der Waals surface area contributed by atoms with Crippen molar-refractivity contribution in [3.05, 3.63) is 16.0 Å². The molecule has 0 unspecified atom stereocenters. The Morgan fingerprint density at radius 1 is 1.43 bits per heavy atom. The lowest BCUT2D eigenvalue weighted by Gasteiger charge is -2.23. The summed E-state index contributed by atoms with van der Waals surface area (Å²) in [6.45, 7) is 1.79. The van der Waals surface area contributed by atoms with Crippen LogP contribution in [0.2, 0.25) is 0 Å². The summed E-state index contributed by atoms with van der Waals surface area (Å²) in [5.74, 6) is -0.896. The molecule has 0 aliphatic heterocycles. The van der Waals surface area contributed by atoms with Gasteiger partial charge >= 0.3 is 11.9 Å². The fourth-order valence-corrected chi connectivity index (χ4v) is 2.93. The maximum atomic E-state index is 11.9. The molecule has 0 spiro atoms. The molecule has 112 valence electrons. The number of carbonyl (C=O) groups is 2. The van der Waals surface area contributed by atoms with Gasteiger partial charge in [0.05, 0.1) is 18.1 Å². The lowest BCUT2D eigenvalue weighted by atomic mass is 9.86. The highest BCUT2D eigenvalue weighted by Crippen LogP contribution is 2.33. The Morgan fingerprint density at radius 2 is 2.14 bits per heavy atom. The molecule has 1 heterocycles. The van der Waals surface area contributed by atoms with Crippen molar-refractivity contribution in [1.29, 1.82) is 5.26 Å². The number of nitrogen functional groups attached to an aromatic ring is 1. The molecular formula is C14H16N2O4S. The Labute approximate surface area is 126 Å². The second-order valence-corrected chi connectivity index (χ2v) is 5.77. The smallest absolute Gasteiger partial charge is 0.348 e. The van der Waals surface area contributed by atoms with E-state index in [2.05, 4.69) is 0 Å². The molecule has 0 radical (unpaired) electrons. The van der Waals surface area contributed by atoms with Crippen molar-refractivity contribution >= 4 is 28.3 Å². The zero-order chi connectivity index (χ0) is 15.4. The molecule has 1 aromatic heterocycles. The van der Waals surface area contributed by atoms with Crippen molar-refractivity contribution in [3.8, 4) is 6.07 Å². The highest BCUT2D eigenvalue weighted by molar-refractivity contribution is 7.18. The Kier molecular flexibility index (Phi) is 4.81. The van der Waals surface area contributed by atoms with Crippen molar-refractivity contribution in [2.45, 2.75) is 32.8 Å². The highest BCUT2D eigenvalue weighted by Gasteiger charge is 2.28. The summed E-state index contributed by atoms with van der Waals surface area (Å²) in [6.07, 6.45) is 2.70. The normalized spacial score (nSPS) is 14.1. The molecule has 1 aromatic rings. The van der Waals surface area contributed by atoms with E-state index in [9.17, 15) is 9.59 Å². The summed E-state index contributed by atoms with van der Waals surface area (Å²) in [6, 6.07) is 1.95. The van der Waals surface area contributed by atoms with E-state index in [4.69, 9.17) is 20.5 Å². The zero-order valence-corrected chi connectivity index (χ0v) is 12.5. The van der Waals surface area contributed by atoms with Crippen molar-refractivity contribution in [2.24, 2.45) is 5.92 Å². The van der Waals surface area contributed by atoms with E-state index in [0.717, 1.165) is 30.6 Å². The first-order valence-corrected chi connectivity index (χ1v) is 7.55. The molecule has 1 aliphatic carbocycles. The number of nitriles is 1. The summed E-state index contributed by atoms with van der Waals surface area (Å²) in [5, 5.41) is 9.37. The molecule has 1 fully saturated rings. The molecule has 6 nitrogen and oxygen atoms in total. The molecular weight excluding hydrogens is 292 g/mol. The Balaban J connectivity index is 2.17. The van der Waals surface area contributed by atoms with Gasteiger partial charge in [-0.3, -0.25) is 4.79 Å². The van der Waals surface area contributed by atoms with Crippen LogP contribution in [0.1, 0.15) is 47.0 Å². The number of carbonyl (C=O) groups excluding carboxylic acids is 2. The third-order valence-corrected chi connectivity index (χ3v) is 4.45. The third kappa shape index (κ3) is 3.16. The quantitative estimate of drug-likeness (QED) is 0.837. The molecule has 0 saturated heterocycles. The number of rotatable bonds is 5. The van der Waals surface area contributed by atoms with Gasteiger partial charge in [-0.25, -0.2) is 4.79 Å². The van der Waals surface area contributed by atoms with Gasteiger partial charge in [0.2, 0.25) is 0 Å². The zero-order valence-electron chi connectivity index (χ0n) is 11.7. The number of anilines is 1. The molecule has 0 atom stereocenters. The standard InChI is InChI=1S/C14H16N2O4S/c1-2-19-14(18)11-10(9(6-15)12(16)21-11)7-20-13(17)8-4-3-5-8/h8H,2-5,7,16H2,1H3. The van der Waals surface area contributed by atoms with Crippen LogP contribution in [-0.4, -0.2) is 18.5 Å². The predicted octanol–water partition coefficient (Wildman–Crippen LogP) is 2.22. The fraction of sp³-hybridized carbons (Fsp3) is 0.500. The van der Waals surface area contributed by atoms with Gasteiger partial charge in [0, 0.05) is 5.56 Å². The maximum Gasteiger partial charge on any atom is 0.348 e. The molecule has 7 heteroatoms. The molecule has 1 saturated carbocycles. The van der Waals surface area contributed by atoms with E-state index in [0.29, 0.717) is 5.56 Å². The van der Waals surface area contributed by atoms with Gasteiger partial charge < -0.3 is 15.2 Å². The molecule has 0 bridgehead atoms. The van der Waals surface area contributed by atoms with E-state index >= 15 is 0 Å². The summed E-state index contributed by atoms with van der Waals surface area (Å²) in [5.41, 5.74) is 6.26. The first-order chi connectivity index (χ1) is 10.1.